The number of carbonyl (C=O) groups excluding carboxylic acids is 1. The van der Waals surface area contributed by atoms with Gasteiger partial charge in [0.25, 0.3) is 0 Å². The molecule has 4 heteroatoms. The fourth-order valence-corrected chi connectivity index (χ4v) is 1.48. The molecule has 4 nitrogen and oxygen atoms in total. The van der Waals surface area contributed by atoms with Crippen molar-refractivity contribution in [2.75, 3.05) is 14.2 Å². The van der Waals surface area contributed by atoms with Crippen molar-refractivity contribution >= 4 is 5.97 Å². The number of nitrogens with zero attached hydrogens (tertiary/aromatic N) is 1. The highest BCUT2D eigenvalue weighted by atomic mass is 16.5. The van der Waals surface area contributed by atoms with Crippen molar-refractivity contribution in [3.63, 3.8) is 0 Å². The van der Waals surface area contributed by atoms with E-state index in [9.17, 15) is 4.79 Å². The van der Waals surface area contributed by atoms with E-state index in [-0.39, 0.29) is 5.97 Å². The topological polar surface area (TPSA) is 48.4 Å². The Morgan fingerprint density at radius 3 is 2.44 bits per heavy atom. The minimum absolute atomic E-state index is 0.278. The van der Waals surface area contributed by atoms with Crippen molar-refractivity contribution in [2.24, 2.45) is 0 Å². The van der Waals surface area contributed by atoms with Crippen LogP contribution in [0.3, 0.4) is 0 Å². The molecule has 0 aliphatic heterocycles. The van der Waals surface area contributed by atoms with Gasteiger partial charge in [0, 0.05) is 11.8 Å². The Kier molecular flexibility index (Phi) is 3.52. The van der Waals surface area contributed by atoms with E-state index in [1.807, 2.05) is 26.8 Å². The zero-order chi connectivity index (χ0) is 12.3. The van der Waals surface area contributed by atoms with E-state index in [1.54, 1.807) is 13.2 Å². The Balaban J connectivity index is 3.21. The van der Waals surface area contributed by atoms with Crippen LogP contribution in [0.4, 0.5) is 0 Å². The average molecular weight is 223 g/mol. The molecule has 0 atom stereocenters. The third kappa shape index (κ3) is 2.32. The predicted molar refractivity (Wildman–Crippen MR) is 60.6 cm³/mol. The van der Waals surface area contributed by atoms with Crippen molar-refractivity contribution in [3.05, 3.63) is 23.4 Å². The van der Waals surface area contributed by atoms with Crippen LogP contribution in [0.2, 0.25) is 0 Å². The maximum Gasteiger partial charge on any atom is 0.315 e. The fourth-order valence-electron chi connectivity index (χ4n) is 1.48. The van der Waals surface area contributed by atoms with Gasteiger partial charge in [-0.25, -0.2) is 4.98 Å². The van der Waals surface area contributed by atoms with Gasteiger partial charge < -0.3 is 9.47 Å². The quantitative estimate of drug-likeness (QED) is 0.734. The molecule has 0 bridgehead atoms. The van der Waals surface area contributed by atoms with Gasteiger partial charge in [0.1, 0.15) is 0 Å². The lowest BCUT2D eigenvalue weighted by Gasteiger charge is -2.22. The van der Waals surface area contributed by atoms with Gasteiger partial charge in [0.2, 0.25) is 5.88 Å². The number of aryl methyl sites for hydroxylation is 1. The summed E-state index contributed by atoms with van der Waals surface area (Å²) in [6.07, 6.45) is 0. The van der Waals surface area contributed by atoms with Gasteiger partial charge in [0.15, 0.2) is 0 Å². The molecule has 0 N–H and O–H groups in total. The number of carbonyl (C=O) groups is 1. The van der Waals surface area contributed by atoms with Crippen molar-refractivity contribution in [2.45, 2.75) is 26.2 Å². The Labute approximate surface area is 95.6 Å². The predicted octanol–water partition coefficient (Wildman–Crippen LogP) is 1.85. The zero-order valence-corrected chi connectivity index (χ0v) is 10.3. The number of hydrogen-bond donors (Lipinski definition) is 0. The highest BCUT2D eigenvalue weighted by Crippen LogP contribution is 2.27. The number of pyridine rings is 1. The van der Waals surface area contributed by atoms with Gasteiger partial charge in [-0.15, -0.1) is 0 Å². The van der Waals surface area contributed by atoms with E-state index < -0.39 is 5.41 Å². The summed E-state index contributed by atoms with van der Waals surface area (Å²) < 4.78 is 9.86. The summed E-state index contributed by atoms with van der Waals surface area (Å²) in [5, 5.41) is 0. The molecule has 0 amide bonds. The van der Waals surface area contributed by atoms with Crippen LogP contribution in [0.15, 0.2) is 12.1 Å². The first kappa shape index (κ1) is 12.5. The van der Waals surface area contributed by atoms with Crippen LogP contribution >= 0.6 is 0 Å². The Morgan fingerprint density at radius 1 is 1.31 bits per heavy atom. The number of hydrogen-bond acceptors (Lipinski definition) is 4. The second-order valence-corrected chi connectivity index (χ2v) is 4.16. The normalized spacial score (nSPS) is 11.1. The molecule has 1 aromatic rings. The van der Waals surface area contributed by atoms with Crippen molar-refractivity contribution in [1.29, 1.82) is 0 Å². The second kappa shape index (κ2) is 4.51. The van der Waals surface area contributed by atoms with Crippen LogP contribution in [0.25, 0.3) is 0 Å². The first-order valence-corrected chi connectivity index (χ1v) is 5.03. The molecule has 0 aromatic carbocycles. The van der Waals surface area contributed by atoms with Gasteiger partial charge >= 0.3 is 5.97 Å². The van der Waals surface area contributed by atoms with Gasteiger partial charge in [-0.2, -0.15) is 0 Å². The molecule has 0 saturated heterocycles. The summed E-state index contributed by atoms with van der Waals surface area (Å²) in [6.45, 7) is 5.49. The van der Waals surface area contributed by atoms with Gasteiger partial charge in [-0.3, -0.25) is 4.79 Å². The molecule has 16 heavy (non-hydrogen) atoms. The molecule has 1 aromatic heterocycles. The van der Waals surface area contributed by atoms with Crippen molar-refractivity contribution in [3.8, 4) is 5.88 Å². The minimum atomic E-state index is -0.699. The molecule has 0 aliphatic rings. The zero-order valence-electron chi connectivity index (χ0n) is 10.3. The SMILES string of the molecule is COC(=O)C(C)(C)c1cc(C)nc(OC)c1. The van der Waals surface area contributed by atoms with E-state index in [0.717, 1.165) is 11.3 Å². The van der Waals surface area contributed by atoms with Crippen LogP contribution in [-0.2, 0) is 14.9 Å². The number of methoxy groups -OCH3 is 2. The molecule has 0 radical (unpaired) electrons. The molecule has 0 aliphatic carbocycles. The lowest BCUT2D eigenvalue weighted by molar-refractivity contribution is -0.146. The van der Waals surface area contributed by atoms with Gasteiger partial charge in [-0.05, 0) is 32.4 Å². The molecule has 0 spiro atoms. The molecule has 1 heterocycles. The molecule has 0 saturated carbocycles. The first-order chi connectivity index (χ1) is 7.41. The summed E-state index contributed by atoms with van der Waals surface area (Å²) in [5.41, 5.74) is 0.949. The summed E-state index contributed by atoms with van der Waals surface area (Å²) in [5.74, 6) is 0.229. The van der Waals surface area contributed by atoms with E-state index in [0.29, 0.717) is 5.88 Å². The monoisotopic (exact) mass is 223 g/mol. The maximum absolute atomic E-state index is 11.7. The van der Waals surface area contributed by atoms with Crippen molar-refractivity contribution < 1.29 is 14.3 Å². The second-order valence-electron chi connectivity index (χ2n) is 4.16. The lowest BCUT2D eigenvalue weighted by atomic mass is 9.85. The van der Waals surface area contributed by atoms with Gasteiger partial charge in [-0.1, -0.05) is 0 Å². The number of aromatic nitrogens is 1. The van der Waals surface area contributed by atoms with Crippen molar-refractivity contribution in [1.82, 2.24) is 4.98 Å². The van der Waals surface area contributed by atoms with Crippen LogP contribution in [0.5, 0.6) is 5.88 Å². The molecule has 0 fully saturated rings. The molecule has 1 rings (SSSR count). The number of rotatable bonds is 3. The fraction of sp³-hybridized carbons (Fsp3) is 0.500. The Morgan fingerprint density at radius 2 is 1.94 bits per heavy atom. The van der Waals surface area contributed by atoms with Crippen LogP contribution in [0, 0.1) is 6.92 Å². The first-order valence-electron chi connectivity index (χ1n) is 5.03. The highest BCUT2D eigenvalue weighted by molar-refractivity contribution is 5.82. The van der Waals surface area contributed by atoms with E-state index in [1.165, 1.54) is 7.11 Å². The van der Waals surface area contributed by atoms with E-state index >= 15 is 0 Å². The highest BCUT2D eigenvalue weighted by Gasteiger charge is 2.31. The smallest absolute Gasteiger partial charge is 0.315 e. The average Bonchev–Trinajstić information content (AvgIpc) is 2.26. The molecule has 88 valence electrons. The minimum Gasteiger partial charge on any atom is -0.481 e. The summed E-state index contributed by atoms with van der Waals surface area (Å²) >= 11 is 0. The number of ether oxygens (including phenoxy) is 2. The summed E-state index contributed by atoms with van der Waals surface area (Å²) in [4.78, 5) is 15.8. The lowest BCUT2D eigenvalue weighted by Crippen LogP contribution is -2.30. The summed E-state index contributed by atoms with van der Waals surface area (Å²) in [6, 6.07) is 3.61. The number of esters is 1. The van der Waals surface area contributed by atoms with E-state index in [2.05, 4.69) is 4.98 Å². The van der Waals surface area contributed by atoms with E-state index in [4.69, 9.17) is 9.47 Å². The van der Waals surface area contributed by atoms with Crippen LogP contribution < -0.4 is 4.74 Å². The third-order valence-corrected chi connectivity index (χ3v) is 2.56. The van der Waals surface area contributed by atoms with Crippen LogP contribution in [0.1, 0.15) is 25.1 Å². The molecular formula is C12H17NO3. The van der Waals surface area contributed by atoms with Gasteiger partial charge in [0.05, 0.1) is 19.6 Å². The third-order valence-electron chi connectivity index (χ3n) is 2.56. The van der Waals surface area contributed by atoms with Crippen LogP contribution in [-0.4, -0.2) is 25.2 Å². The Bertz CT molecular complexity index is 399. The Hall–Kier alpha value is -1.58. The standard InChI is InChI=1S/C12H17NO3/c1-8-6-9(7-10(13-8)15-4)12(2,3)11(14)16-5/h6-7H,1-5H3. The summed E-state index contributed by atoms with van der Waals surface area (Å²) in [7, 11) is 2.94. The maximum atomic E-state index is 11.7. The molecule has 0 unspecified atom stereocenters. The largest absolute Gasteiger partial charge is 0.481 e. The molecular weight excluding hydrogens is 206 g/mol.